The normalized spacial score (nSPS) is 28.0. The number of esters is 5. The first kappa shape index (κ1) is 75.5. The van der Waals surface area contributed by atoms with Crippen LogP contribution in [0.25, 0.3) is 0 Å². The highest BCUT2D eigenvalue weighted by molar-refractivity contribution is 5.96. The number of likely N-dealkylation sites (N-methyl/N-ethyl adjacent to an activating group) is 2. The summed E-state index contributed by atoms with van der Waals surface area (Å²) in [7, 11) is 2.55. The van der Waals surface area contributed by atoms with E-state index in [-0.39, 0.29) is 59.5 Å². The van der Waals surface area contributed by atoms with Crippen molar-refractivity contribution < 1.29 is 121 Å². The molecule has 3 aliphatic carbocycles. The maximum absolute atomic E-state index is 16.0. The van der Waals surface area contributed by atoms with E-state index in [0.717, 1.165) is 35.8 Å². The van der Waals surface area contributed by atoms with Crippen LogP contribution in [0.2, 0.25) is 0 Å². The summed E-state index contributed by atoms with van der Waals surface area (Å²) < 4.78 is 59.0. The minimum absolute atomic E-state index is 0.0195. The predicted octanol–water partition coefficient (Wildman–Crippen LogP) is 4.92. The second kappa shape index (κ2) is 30.8. The number of ether oxygens (including phenoxy) is 10. The first-order chi connectivity index (χ1) is 48.8. The number of nitro groups is 1. The average Bonchev–Trinajstić information content (AvgIpc) is 0.669. The Labute approximate surface area is 590 Å². The summed E-state index contributed by atoms with van der Waals surface area (Å²) in [5, 5.41) is 73.7. The molecule has 0 radical (unpaired) electrons. The number of aliphatic hydroxyl groups is 5. The van der Waals surface area contributed by atoms with Crippen LogP contribution in [-0.2, 0) is 79.8 Å². The van der Waals surface area contributed by atoms with Crippen LogP contribution in [0, 0.1) is 26.9 Å². The molecule has 5 aromatic rings. The first-order valence-corrected chi connectivity index (χ1v) is 33.0. The molecule has 4 fully saturated rings. The molecule has 2 heterocycles. The number of fused-ring (bicyclic) bond motifs is 5. The number of nitrogens with one attached hydrogen (secondary N) is 1. The van der Waals surface area contributed by atoms with Gasteiger partial charge in [-0.15, -0.1) is 0 Å². The molecule has 30 heteroatoms. The van der Waals surface area contributed by atoms with Crippen LogP contribution in [0.15, 0.2) is 151 Å². The molecule has 5 aromatic carbocycles. The lowest BCUT2D eigenvalue weighted by atomic mass is 9.44. The van der Waals surface area contributed by atoms with Crippen molar-refractivity contribution in [1.29, 1.82) is 0 Å². The van der Waals surface area contributed by atoms with E-state index in [0.29, 0.717) is 5.56 Å². The van der Waals surface area contributed by atoms with Crippen molar-refractivity contribution >= 4 is 59.4 Å². The first-order valence-electron chi connectivity index (χ1n) is 33.0. The van der Waals surface area contributed by atoms with Crippen molar-refractivity contribution in [2.75, 3.05) is 33.8 Å². The van der Waals surface area contributed by atoms with Crippen molar-refractivity contribution in [1.82, 2.24) is 15.1 Å². The topological polar surface area (TPSA) is 409 Å². The number of hydrogen-bond acceptors (Lipinski definition) is 26. The largest absolute Gasteiger partial charge is 0.459 e. The zero-order valence-electron chi connectivity index (χ0n) is 57.4. The third-order valence-corrected chi connectivity index (χ3v) is 19.9. The summed E-state index contributed by atoms with van der Waals surface area (Å²) >= 11 is 0. The van der Waals surface area contributed by atoms with Crippen molar-refractivity contribution in [2.24, 2.45) is 16.7 Å². The highest BCUT2D eigenvalue weighted by Gasteiger charge is 2.78. The van der Waals surface area contributed by atoms with Gasteiger partial charge in [0.25, 0.3) is 5.91 Å². The number of Topliss-reactive ketones (excluding diaryl/α,β-unsaturated/α-hetero) is 1. The van der Waals surface area contributed by atoms with Crippen LogP contribution in [0.3, 0.4) is 0 Å². The molecule has 10 rings (SSSR count). The minimum Gasteiger partial charge on any atom is -0.459 e. The lowest BCUT2D eigenvalue weighted by molar-refractivity contribution is -0.387. The van der Waals surface area contributed by atoms with Gasteiger partial charge in [0.1, 0.15) is 61.5 Å². The number of ketones is 1. The summed E-state index contributed by atoms with van der Waals surface area (Å²) in [5.74, 6) is -9.32. The van der Waals surface area contributed by atoms with Gasteiger partial charge in [-0.2, -0.15) is 0 Å². The average molecular weight is 1430 g/mol. The van der Waals surface area contributed by atoms with Crippen LogP contribution >= 0.6 is 0 Å². The number of carbonyl (C=O) groups is 9. The van der Waals surface area contributed by atoms with E-state index >= 15 is 9.59 Å². The molecule has 30 nitrogen and oxygen atoms in total. The van der Waals surface area contributed by atoms with E-state index in [1.165, 1.54) is 84.3 Å². The zero-order valence-corrected chi connectivity index (χ0v) is 57.4. The molecule has 548 valence electrons. The van der Waals surface area contributed by atoms with E-state index < -0.39 is 191 Å². The number of nitrogens with zero attached hydrogens (tertiary/aromatic N) is 3. The van der Waals surface area contributed by atoms with E-state index in [2.05, 4.69) is 5.32 Å². The quantitative estimate of drug-likeness (QED) is 0.0176. The van der Waals surface area contributed by atoms with Gasteiger partial charge in [0.15, 0.2) is 29.3 Å². The number of amides is 3. The van der Waals surface area contributed by atoms with E-state index in [1.54, 1.807) is 84.9 Å². The van der Waals surface area contributed by atoms with E-state index in [4.69, 9.17) is 47.4 Å². The molecule has 5 aliphatic rings. The van der Waals surface area contributed by atoms with Crippen molar-refractivity contribution in [3.8, 4) is 5.75 Å². The van der Waals surface area contributed by atoms with Crippen molar-refractivity contribution in [2.45, 2.75) is 152 Å². The molecule has 2 bridgehead atoms. The second-order valence-electron chi connectivity index (χ2n) is 26.8. The number of rotatable bonds is 22. The van der Waals surface area contributed by atoms with Gasteiger partial charge in [0.2, 0.25) is 12.4 Å². The maximum atomic E-state index is 16.0. The molecule has 6 N–H and O–H groups in total. The smallest absolute Gasteiger partial charge is 0.410 e. The Morgan fingerprint density at radius 1 is 0.718 bits per heavy atom. The van der Waals surface area contributed by atoms with Crippen LogP contribution in [0.1, 0.15) is 97.8 Å². The van der Waals surface area contributed by atoms with Gasteiger partial charge in [0, 0.05) is 70.9 Å². The lowest BCUT2D eigenvalue weighted by Gasteiger charge is -2.67. The molecule has 0 aromatic heterocycles. The van der Waals surface area contributed by atoms with Gasteiger partial charge < -0.3 is 88.0 Å². The molecular weight excluding hydrogens is 1350 g/mol. The van der Waals surface area contributed by atoms with Crippen LogP contribution in [-0.4, -0.2) is 206 Å². The highest BCUT2D eigenvalue weighted by Crippen LogP contribution is 2.64. The fraction of sp³-hybridized carbons (Fsp3) is 0.438. The molecule has 0 unspecified atom stereocenters. The van der Waals surface area contributed by atoms with Crippen molar-refractivity contribution in [3.63, 3.8) is 0 Å². The number of aliphatic hydroxyl groups excluding tert-OH is 4. The Kier molecular flexibility index (Phi) is 22.5. The van der Waals surface area contributed by atoms with Crippen LogP contribution in [0.4, 0.5) is 15.3 Å². The SMILES string of the molecule is CC(=O)O[C@H]1C(=O)[C@@]2(C)[C@H]([C@H](OC(=O)c3ccccc3)[C@]3(O)C[C@H](OC(=O)[C@H](OC(=O)N(C)CCN(C)C(=O)OCc4ccc(O[C@@H]5O[C@H](C(=O)OCc6ccccc6)[C@@H](O)[C@H](O)[C@H]5O)c([N+](=O)[O-])c4)[C@@H](NC(=O)c4ccccc4)c4ccccc4)C(C)=C1C3(C)C)[C@]1(OC(C)=O)CO[C@@H]1C[C@@H]2O. The second-order valence-corrected chi connectivity index (χ2v) is 26.8. The standard InChI is InChI=1S/C73H80N4O26/c1-39-49(35-73(91)62(102-64(86)46-27-19-12-20-28-46)60-71(6,50(80)34-51-72(60,38-96-51)103-41(3)79)61(84)57(97-40(2)78)52(39)70(73,4)5)98-66(88)58(53(44-23-15-10-16-24-44)74-63(85)45-25-17-11-18-26-45)101-69(90)76(8)32-31-75(7)68(89)95-37-43-29-30-48(47(33-43)77(92)93)99-67-56(83)54(81)55(82)59(100-67)65(87)94-36-42-21-13-9-14-22-42/h9-30,33,49-51,53-60,62,67,80-83,91H,31-32,34-38H2,1-8H3,(H,74,85)/t49-,50-,51+,53-,54-,55-,56+,57+,58+,59-,60-,62-,67+,71+,72-,73+/m0/s1. The Morgan fingerprint density at radius 3 is 1.90 bits per heavy atom. The Bertz CT molecular complexity index is 4050. The van der Waals surface area contributed by atoms with Crippen molar-refractivity contribution in [3.05, 3.63) is 189 Å². The zero-order chi connectivity index (χ0) is 74.6. The summed E-state index contributed by atoms with van der Waals surface area (Å²) in [4.78, 5) is 142. The van der Waals surface area contributed by atoms with Gasteiger partial charge >= 0.3 is 47.7 Å². The van der Waals surface area contributed by atoms with Crippen LogP contribution < -0.4 is 10.1 Å². The molecule has 3 amide bonds. The molecule has 2 saturated carbocycles. The number of hydrogen-bond donors (Lipinski definition) is 6. The fourth-order valence-corrected chi connectivity index (χ4v) is 14.2. The van der Waals surface area contributed by atoms with E-state index in [1.807, 2.05) is 0 Å². The Balaban J connectivity index is 0.913. The third kappa shape index (κ3) is 15.2. The van der Waals surface area contributed by atoms with Gasteiger partial charge in [-0.25, -0.2) is 24.0 Å². The summed E-state index contributed by atoms with van der Waals surface area (Å²) in [6.07, 6.45) is -23.8. The number of benzene rings is 5. The maximum Gasteiger partial charge on any atom is 0.410 e. The predicted molar refractivity (Wildman–Crippen MR) is 354 cm³/mol. The molecule has 2 aliphatic heterocycles. The molecule has 103 heavy (non-hydrogen) atoms. The molecule has 2 saturated heterocycles. The minimum atomic E-state index is -2.59. The summed E-state index contributed by atoms with van der Waals surface area (Å²) in [6, 6.07) is 33.5. The number of carbonyl (C=O) groups excluding carboxylic acids is 9. The van der Waals surface area contributed by atoms with E-state index in [9.17, 15) is 69.2 Å². The molecular formula is C73H80N4O26. The van der Waals surface area contributed by atoms with Gasteiger partial charge in [0.05, 0.1) is 34.5 Å². The fourth-order valence-electron chi connectivity index (χ4n) is 14.2. The van der Waals surface area contributed by atoms with Gasteiger partial charge in [-0.3, -0.25) is 29.3 Å². The monoisotopic (exact) mass is 1430 g/mol. The Hall–Kier alpha value is -10.2. The highest BCUT2D eigenvalue weighted by atomic mass is 16.7. The number of nitro benzene ring substituents is 1. The Morgan fingerprint density at radius 2 is 1.31 bits per heavy atom. The third-order valence-electron chi connectivity index (χ3n) is 19.9. The summed E-state index contributed by atoms with van der Waals surface area (Å²) in [6.45, 7) is 6.04. The van der Waals surface area contributed by atoms with Gasteiger partial charge in [-0.1, -0.05) is 117 Å². The van der Waals surface area contributed by atoms with Crippen LogP contribution in [0.5, 0.6) is 5.75 Å². The summed E-state index contributed by atoms with van der Waals surface area (Å²) in [5.41, 5.74) is -8.45. The lowest BCUT2D eigenvalue weighted by Crippen LogP contribution is -2.82. The molecule has 16 atom stereocenters. The van der Waals surface area contributed by atoms with Gasteiger partial charge in [-0.05, 0) is 72.0 Å². The molecule has 0 spiro atoms.